The second kappa shape index (κ2) is 12.2. The fraction of sp³-hybridized carbons (Fsp3) is 0.333. The van der Waals surface area contributed by atoms with Gasteiger partial charge in [-0.3, -0.25) is 20.0 Å². The molecule has 3 aromatic rings. The first-order valence-electron chi connectivity index (χ1n) is 12.1. The second-order valence-corrected chi connectivity index (χ2v) is 11.5. The molecule has 39 heavy (non-hydrogen) atoms. The van der Waals surface area contributed by atoms with Crippen LogP contribution in [-0.2, 0) is 30.8 Å². The van der Waals surface area contributed by atoms with Crippen molar-refractivity contribution in [1.29, 1.82) is 5.41 Å². The summed E-state index contributed by atoms with van der Waals surface area (Å²) in [6.45, 7) is 6.39. The van der Waals surface area contributed by atoms with Gasteiger partial charge in [0.1, 0.15) is 22.3 Å². The van der Waals surface area contributed by atoms with Crippen LogP contribution in [0.4, 0.5) is 5.69 Å². The zero-order valence-corrected chi connectivity index (χ0v) is 23.0. The van der Waals surface area contributed by atoms with Crippen molar-refractivity contribution in [3.05, 3.63) is 60.3 Å². The van der Waals surface area contributed by atoms with Gasteiger partial charge in [0.05, 0.1) is 18.5 Å². The van der Waals surface area contributed by atoms with Crippen molar-refractivity contribution < 1.29 is 32.6 Å². The predicted octanol–water partition coefficient (Wildman–Crippen LogP) is 3.73. The van der Waals surface area contributed by atoms with Gasteiger partial charge in [0.2, 0.25) is 15.9 Å². The molecule has 3 rings (SSSR count). The van der Waals surface area contributed by atoms with Crippen molar-refractivity contribution in [1.82, 2.24) is 9.71 Å². The normalized spacial score (nSPS) is 12.5. The molecule has 1 amide bonds. The van der Waals surface area contributed by atoms with Gasteiger partial charge in [-0.1, -0.05) is 18.2 Å². The van der Waals surface area contributed by atoms with Crippen molar-refractivity contribution in [3.63, 3.8) is 0 Å². The van der Waals surface area contributed by atoms with Crippen molar-refractivity contribution >= 4 is 44.4 Å². The molecule has 1 unspecified atom stereocenters. The summed E-state index contributed by atoms with van der Waals surface area (Å²) in [6.07, 6.45) is 1.43. The molecule has 0 radical (unpaired) electrons. The number of aliphatic carboxylic acids is 1. The maximum Gasteiger partial charge on any atom is 0.305 e. The molecule has 4 N–H and O–H groups in total. The molecule has 0 aliphatic rings. The van der Waals surface area contributed by atoms with E-state index in [-0.39, 0.29) is 23.2 Å². The van der Waals surface area contributed by atoms with Crippen LogP contribution < -0.4 is 14.8 Å². The molecule has 11 nitrogen and oxygen atoms in total. The number of fused-ring (bicyclic) bond motifs is 1. The highest BCUT2D eigenvalue weighted by Crippen LogP contribution is 2.29. The van der Waals surface area contributed by atoms with E-state index in [0.717, 1.165) is 16.5 Å². The summed E-state index contributed by atoms with van der Waals surface area (Å²) in [7, 11) is -4.39. The molecule has 208 valence electrons. The highest BCUT2D eigenvalue weighted by atomic mass is 32.2. The van der Waals surface area contributed by atoms with E-state index < -0.39 is 40.0 Å². The lowest BCUT2D eigenvalue weighted by Gasteiger charge is -2.26. The van der Waals surface area contributed by atoms with Gasteiger partial charge in [-0.05, 0) is 50.6 Å². The molecule has 1 aromatic heterocycles. The zero-order chi connectivity index (χ0) is 28.8. The Labute approximate surface area is 227 Å². The molecule has 0 saturated heterocycles. The first-order chi connectivity index (χ1) is 18.2. The summed E-state index contributed by atoms with van der Waals surface area (Å²) < 4.78 is 40.5. The second-order valence-electron chi connectivity index (χ2n) is 9.78. The third-order valence-corrected chi connectivity index (χ3v) is 6.84. The first kappa shape index (κ1) is 29.5. The zero-order valence-electron chi connectivity index (χ0n) is 22.1. The number of pyridine rings is 1. The van der Waals surface area contributed by atoms with Gasteiger partial charge in [-0.15, -0.1) is 0 Å². The van der Waals surface area contributed by atoms with Crippen LogP contribution in [0.25, 0.3) is 10.9 Å². The van der Waals surface area contributed by atoms with E-state index in [1.165, 1.54) is 25.1 Å². The molecule has 0 bridgehead atoms. The van der Waals surface area contributed by atoms with Crippen molar-refractivity contribution in [2.24, 2.45) is 0 Å². The van der Waals surface area contributed by atoms with Gasteiger partial charge in [0.25, 0.3) is 0 Å². The van der Waals surface area contributed by atoms with Gasteiger partial charge in [-0.25, -0.2) is 8.42 Å². The lowest BCUT2D eigenvalue weighted by Crippen LogP contribution is -2.45. The van der Waals surface area contributed by atoms with Crippen LogP contribution in [0.5, 0.6) is 5.75 Å². The molecule has 1 atom stereocenters. The summed E-state index contributed by atoms with van der Waals surface area (Å²) in [6, 6.07) is 12.0. The first-order valence-corrected chi connectivity index (χ1v) is 13.6. The number of sulfonamides is 1. The highest BCUT2D eigenvalue weighted by Gasteiger charge is 2.31. The van der Waals surface area contributed by atoms with Crippen molar-refractivity contribution in [2.45, 2.75) is 57.1 Å². The Balaban J connectivity index is 1.90. The topological polar surface area (TPSA) is 168 Å². The van der Waals surface area contributed by atoms with E-state index in [1.807, 2.05) is 30.3 Å². The van der Waals surface area contributed by atoms with Gasteiger partial charge in [-0.2, -0.15) is 4.72 Å². The molecule has 0 aliphatic heterocycles. The fourth-order valence-electron chi connectivity index (χ4n) is 3.79. The quantitative estimate of drug-likeness (QED) is 0.205. The standard InChI is InChI=1S/C27H32N4O7S/c1-17(32)30-19-10-11-24(39(35,36)31-22(16-25(33)34)26(28)38-27(2,3)4)23(15-19)37-14-12-18-7-5-9-21-20(18)8-6-13-29-21/h5-11,13,15,22,28,31H,12,14,16H2,1-4H3,(H,30,32)(H,33,34). The minimum Gasteiger partial charge on any atom is -0.492 e. The number of ether oxygens (including phenoxy) is 2. The summed E-state index contributed by atoms with van der Waals surface area (Å²) in [5.74, 6) is -2.25. The molecule has 1 heterocycles. The SMILES string of the molecule is CC(=O)Nc1ccc(S(=O)(=O)NC(CC(=O)O)C(=N)OC(C)(C)C)c(OCCc2cccc3ncccc23)c1. The average Bonchev–Trinajstić information content (AvgIpc) is 2.82. The Hall–Kier alpha value is -4.03. The number of anilines is 1. The van der Waals surface area contributed by atoms with Crippen LogP contribution in [-0.4, -0.2) is 54.5 Å². The van der Waals surface area contributed by atoms with Crippen LogP contribution in [0.3, 0.4) is 0 Å². The third-order valence-electron chi connectivity index (χ3n) is 5.33. The lowest BCUT2D eigenvalue weighted by molar-refractivity contribution is -0.137. The largest absolute Gasteiger partial charge is 0.492 e. The van der Waals surface area contributed by atoms with Crippen LogP contribution in [0.1, 0.15) is 39.7 Å². The smallest absolute Gasteiger partial charge is 0.305 e. The van der Waals surface area contributed by atoms with Crippen molar-refractivity contribution in [2.75, 3.05) is 11.9 Å². The van der Waals surface area contributed by atoms with E-state index in [1.54, 1.807) is 27.0 Å². The van der Waals surface area contributed by atoms with Crippen LogP contribution in [0, 0.1) is 5.41 Å². The van der Waals surface area contributed by atoms with E-state index in [4.69, 9.17) is 14.9 Å². The summed E-state index contributed by atoms with van der Waals surface area (Å²) >= 11 is 0. The van der Waals surface area contributed by atoms with E-state index in [2.05, 4.69) is 15.0 Å². The number of hydrogen-bond acceptors (Lipinski definition) is 8. The Morgan fingerprint density at radius 2 is 1.87 bits per heavy atom. The maximum atomic E-state index is 13.4. The molecule has 0 spiro atoms. The number of carboxylic acid groups (broad SMARTS) is 1. The number of hydrogen-bond donors (Lipinski definition) is 4. The Morgan fingerprint density at radius 1 is 1.13 bits per heavy atom. The third kappa shape index (κ3) is 8.48. The maximum absolute atomic E-state index is 13.4. The van der Waals surface area contributed by atoms with Crippen LogP contribution in [0.15, 0.2) is 59.6 Å². The van der Waals surface area contributed by atoms with Gasteiger partial charge >= 0.3 is 5.97 Å². The van der Waals surface area contributed by atoms with Crippen LogP contribution >= 0.6 is 0 Å². The van der Waals surface area contributed by atoms with E-state index >= 15 is 0 Å². The lowest BCUT2D eigenvalue weighted by atomic mass is 10.1. The fourth-order valence-corrected chi connectivity index (χ4v) is 5.12. The predicted molar refractivity (Wildman–Crippen MR) is 147 cm³/mol. The number of aromatic nitrogens is 1. The number of nitrogens with zero attached hydrogens (tertiary/aromatic N) is 1. The molecule has 0 fully saturated rings. The monoisotopic (exact) mass is 556 g/mol. The summed E-state index contributed by atoms with van der Waals surface area (Å²) in [4.78, 5) is 27.1. The summed E-state index contributed by atoms with van der Waals surface area (Å²) in [5.41, 5.74) is 1.25. The van der Waals surface area contributed by atoms with Crippen molar-refractivity contribution in [3.8, 4) is 5.75 Å². The van der Waals surface area contributed by atoms with Gasteiger partial charge in [0.15, 0.2) is 5.90 Å². The molecule has 0 aliphatic carbocycles. The van der Waals surface area contributed by atoms with Gasteiger partial charge < -0.3 is 19.9 Å². The number of carbonyl (C=O) groups is 2. The van der Waals surface area contributed by atoms with Gasteiger partial charge in [0, 0.05) is 36.7 Å². The Morgan fingerprint density at radius 3 is 2.54 bits per heavy atom. The van der Waals surface area contributed by atoms with Crippen LogP contribution in [0.2, 0.25) is 0 Å². The number of rotatable bonds is 11. The summed E-state index contributed by atoms with van der Waals surface area (Å²) in [5, 5.41) is 21.0. The molecular formula is C27H32N4O7S. The Kier molecular flexibility index (Phi) is 9.25. The molecular weight excluding hydrogens is 524 g/mol. The minimum atomic E-state index is -4.39. The number of nitrogens with one attached hydrogen (secondary N) is 3. The number of benzene rings is 2. The number of carboxylic acids is 1. The Bertz CT molecular complexity index is 1480. The van der Waals surface area contributed by atoms with E-state index in [0.29, 0.717) is 12.1 Å². The molecule has 12 heteroatoms. The average molecular weight is 557 g/mol. The van der Waals surface area contributed by atoms with E-state index in [9.17, 15) is 23.1 Å². The number of amides is 1. The highest BCUT2D eigenvalue weighted by molar-refractivity contribution is 7.89. The number of carbonyl (C=O) groups excluding carboxylic acids is 1. The minimum absolute atomic E-state index is 0.0514. The molecule has 2 aromatic carbocycles. The molecule has 0 saturated carbocycles.